The van der Waals surface area contributed by atoms with Crippen LogP contribution in [0, 0.1) is 5.92 Å². The van der Waals surface area contributed by atoms with Crippen LogP contribution in [-0.4, -0.2) is 35.5 Å². The Hall–Kier alpha value is -2.33. The molecule has 0 atom stereocenters. The second-order valence-corrected chi connectivity index (χ2v) is 11.3. The van der Waals surface area contributed by atoms with Crippen LogP contribution in [0.15, 0.2) is 42.5 Å². The molecule has 32 heavy (non-hydrogen) atoms. The van der Waals surface area contributed by atoms with Gasteiger partial charge in [0.05, 0.1) is 0 Å². The zero-order valence-corrected chi connectivity index (χ0v) is 20.7. The Morgan fingerprint density at radius 3 is 2.00 bits per heavy atom. The number of benzene rings is 2. The van der Waals surface area contributed by atoms with Crippen LogP contribution in [0.2, 0.25) is 0 Å². The van der Waals surface area contributed by atoms with E-state index >= 15 is 0 Å². The molecule has 0 radical (unpaired) electrons. The lowest BCUT2D eigenvalue weighted by Gasteiger charge is -2.32. The summed E-state index contributed by atoms with van der Waals surface area (Å²) in [5.41, 5.74) is 3.15. The van der Waals surface area contributed by atoms with Gasteiger partial charge in [-0.15, -0.1) is 0 Å². The standard InChI is InChI=1S/C28H40N2O2/c1-27(2,3)23-16-22(17-24(25(23)31)28(4,5)6)26(32)29-18-20-12-14-30(15-13-20)19-21-10-8-7-9-11-21/h7-11,16-17,20,31H,12-15,18-19H2,1-6H3,(H,29,32). The molecule has 0 bridgehead atoms. The Labute approximate surface area is 194 Å². The molecule has 1 amide bonds. The molecule has 0 aromatic heterocycles. The number of rotatable bonds is 5. The summed E-state index contributed by atoms with van der Waals surface area (Å²) in [4.78, 5) is 15.6. The quantitative estimate of drug-likeness (QED) is 0.639. The number of hydrogen-bond acceptors (Lipinski definition) is 3. The summed E-state index contributed by atoms with van der Waals surface area (Å²) in [5.74, 6) is 0.771. The van der Waals surface area contributed by atoms with Crippen LogP contribution < -0.4 is 5.32 Å². The summed E-state index contributed by atoms with van der Waals surface area (Å²) < 4.78 is 0. The third kappa shape index (κ3) is 6.13. The normalized spacial score (nSPS) is 16.2. The Bertz CT molecular complexity index is 880. The first kappa shape index (κ1) is 24.3. The van der Waals surface area contributed by atoms with E-state index in [0.717, 1.165) is 43.6 Å². The number of likely N-dealkylation sites (tertiary alicyclic amines) is 1. The lowest BCUT2D eigenvalue weighted by Crippen LogP contribution is -2.38. The van der Waals surface area contributed by atoms with Gasteiger partial charge in [0.2, 0.25) is 0 Å². The third-order valence-electron chi connectivity index (χ3n) is 6.50. The lowest BCUT2D eigenvalue weighted by atomic mass is 9.78. The second-order valence-electron chi connectivity index (χ2n) is 11.3. The van der Waals surface area contributed by atoms with Crippen molar-refractivity contribution in [3.63, 3.8) is 0 Å². The second kappa shape index (κ2) is 9.66. The summed E-state index contributed by atoms with van der Waals surface area (Å²) in [6.45, 7) is 16.2. The van der Waals surface area contributed by atoms with Gasteiger partial charge in [0.15, 0.2) is 0 Å². The van der Waals surface area contributed by atoms with Crippen molar-refractivity contribution in [2.45, 2.75) is 71.8 Å². The van der Waals surface area contributed by atoms with Gasteiger partial charge in [-0.05, 0) is 60.4 Å². The van der Waals surface area contributed by atoms with Gasteiger partial charge < -0.3 is 10.4 Å². The number of nitrogens with zero attached hydrogens (tertiary/aromatic N) is 1. The van der Waals surface area contributed by atoms with Crippen molar-refractivity contribution in [3.8, 4) is 5.75 Å². The number of carbonyl (C=O) groups excluding carboxylic acids is 1. The Kier molecular flexibility index (Phi) is 7.34. The number of carbonyl (C=O) groups is 1. The molecule has 1 fully saturated rings. The largest absolute Gasteiger partial charge is 0.507 e. The van der Waals surface area contributed by atoms with Crippen molar-refractivity contribution in [3.05, 3.63) is 64.7 Å². The number of piperidine rings is 1. The van der Waals surface area contributed by atoms with Crippen molar-refractivity contribution < 1.29 is 9.90 Å². The number of phenols is 1. The van der Waals surface area contributed by atoms with Crippen LogP contribution in [0.25, 0.3) is 0 Å². The molecular formula is C28H40N2O2. The summed E-state index contributed by atoms with van der Waals surface area (Å²) >= 11 is 0. The van der Waals surface area contributed by atoms with E-state index in [2.05, 4.69) is 82.1 Å². The maximum atomic E-state index is 13.1. The average Bonchev–Trinajstić information content (AvgIpc) is 2.72. The van der Waals surface area contributed by atoms with E-state index in [9.17, 15) is 9.90 Å². The average molecular weight is 437 g/mol. The fourth-order valence-electron chi connectivity index (χ4n) is 4.44. The van der Waals surface area contributed by atoms with Crippen LogP contribution in [0.1, 0.15) is 81.4 Å². The van der Waals surface area contributed by atoms with E-state index in [4.69, 9.17) is 0 Å². The molecule has 0 spiro atoms. The van der Waals surface area contributed by atoms with Crippen molar-refractivity contribution in [1.29, 1.82) is 0 Å². The number of phenolic OH excluding ortho intramolecular Hbond substituents is 1. The zero-order valence-electron chi connectivity index (χ0n) is 20.7. The topological polar surface area (TPSA) is 52.6 Å². The fraction of sp³-hybridized carbons (Fsp3) is 0.536. The first-order valence-electron chi connectivity index (χ1n) is 11.9. The maximum absolute atomic E-state index is 13.1. The van der Waals surface area contributed by atoms with E-state index in [-0.39, 0.29) is 16.7 Å². The first-order valence-corrected chi connectivity index (χ1v) is 11.9. The highest BCUT2D eigenvalue weighted by molar-refractivity contribution is 5.95. The Balaban J connectivity index is 1.62. The highest BCUT2D eigenvalue weighted by Crippen LogP contribution is 2.39. The van der Waals surface area contributed by atoms with Gasteiger partial charge in [-0.2, -0.15) is 0 Å². The van der Waals surface area contributed by atoms with Gasteiger partial charge in [-0.3, -0.25) is 9.69 Å². The minimum absolute atomic E-state index is 0.0484. The van der Waals surface area contributed by atoms with Crippen LogP contribution in [0.3, 0.4) is 0 Å². The Morgan fingerprint density at radius 2 is 1.50 bits per heavy atom. The van der Waals surface area contributed by atoms with Crippen molar-refractivity contribution in [2.24, 2.45) is 5.92 Å². The molecule has 1 saturated heterocycles. The molecule has 4 heteroatoms. The zero-order chi connectivity index (χ0) is 23.5. The highest BCUT2D eigenvalue weighted by Gasteiger charge is 2.28. The van der Waals surface area contributed by atoms with Gasteiger partial charge in [0, 0.05) is 29.8 Å². The molecule has 0 unspecified atom stereocenters. The fourth-order valence-corrected chi connectivity index (χ4v) is 4.44. The predicted molar refractivity (Wildman–Crippen MR) is 132 cm³/mol. The predicted octanol–water partition coefficient (Wildman–Crippen LogP) is 5.63. The monoisotopic (exact) mass is 436 g/mol. The van der Waals surface area contributed by atoms with Crippen LogP contribution in [0.4, 0.5) is 0 Å². The SMILES string of the molecule is CC(C)(C)c1cc(C(=O)NCC2CCN(Cc3ccccc3)CC2)cc(C(C)(C)C)c1O. The molecule has 4 nitrogen and oxygen atoms in total. The van der Waals surface area contributed by atoms with E-state index in [1.807, 2.05) is 12.1 Å². The van der Waals surface area contributed by atoms with Crippen LogP contribution in [0.5, 0.6) is 5.75 Å². The molecule has 2 aromatic carbocycles. The molecule has 3 rings (SSSR count). The summed E-state index contributed by atoms with van der Waals surface area (Å²) in [6.07, 6.45) is 2.20. The molecule has 2 N–H and O–H groups in total. The summed E-state index contributed by atoms with van der Waals surface area (Å²) in [5, 5.41) is 14.1. The summed E-state index contributed by atoms with van der Waals surface area (Å²) in [7, 11) is 0. The minimum Gasteiger partial charge on any atom is -0.507 e. The Morgan fingerprint density at radius 1 is 0.969 bits per heavy atom. The lowest BCUT2D eigenvalue weighted by molar-refractivity contribution is 0.0935. The van der Waals surface area contributed by atoms with Gasteiger partial charge in [0.1, 0.15) is 5.75 Å². The van der Waals surface area contributed by atoms with Gasteiger partial charge in [-0.1, -0.05) is 71.9 Å². The van der Waals surface area contributed by atoms with E-state index in [1.165, 1.54) is 5.56 Å². The molecule has 1 aliphatic heterocycles. The molecule has 1 heterocycles. The molecular weight excluding hydrogens is 396 g/mol. The van der Waals surface area contributed by atoms with E-state index in [0.29, 0.717) is 23.8 Å². The van der Waals surface area contributed by atoms with Crippen molar-refractivity contribution in [2.75, 3.05) is 19.6 Å². The molecule has 2 aromatic rings. The number of hydrogen-bond donors (Lipinski definition) is 2. The highest BCUT2D eigenvalue weighted by atomic mass is 16.3. The summed E-state index contributed by atoms with van der Waals surface area (Å²) in [6, 6.07) is 14.3. The molecule has 0 saturated carbocycles. The number of aromatic hydroxyl groups is 1. The van der Waals surface area contributed by atoms with Gasteiger partial charge in [-0.25, -0.2) is 0 Å². The van der Waals surface area contributed by atoms with Gasteiger partial charge in [0.25, 0.3) is 5.91 Å². The van der Waals surface area contributed by atoms with Gasteiger partial charge >= 0.3 is 0 Å². The van der Waals surface area contributed by atoms with Crippen molar-refractivity contribution in [1.82, 2.24) is 10.2 Å². The number of nitrogens with one attached hydrogen (secondary N) is 1. The third-order valence-corrected chi connectivity index (χ3v) is 6.50. The van der Waals surface area contributed by atoms with Crippen molar-refractivity contribution >= 4 is 5.91 Å². The number of amides is 1. The van der Waals surface area contributed by atoms with Crippen LogP contribution >= 0.6 is 0 Å². The minimum atomic E-state index is -0.244. The van der Waals surface area contributed by atoms with E-state index in [1.54, 1.807) is 0 Å². The molecule has 174 valence electrons. The molecule has 1 aliphatic rings. The van der Waals surface area contributed by atoms with Crippen LogP contribution in [-0.2, 0) is 17.4 Å². The smallest absolute Gasteiger partial charge is 0.251 e. The maximum Gasteiger partial charge on any atom is 0.251 e. The molecule has 0 aliphatic carbocycles. The van der Waals surface area contributed by atoms with E-state index < -0.39 is 0 Å². The first-order chi connectivity index (χ1) is 14.9.